The van der Waals surface area contributed by atoms with E-state index in [1.165, 1.54) is 0 Å². The van der Waals surface area contributed by atoms with E-state index in [0.717, 1.165) is 31.2 Å². The highest BCUT2D eigenvalue weighted by Crippen LogP contribution is 2.36. The summed E-state index contributed by atoms with van der Waals surface area (Å²) in [5.41, 5.74) is 0.584. The van der Waals surface area contributed by atoms with E-state index in [1.54, 1.807) is 6.08 Å². The Morgan fingerprint density at radius 3 is 2.66 bits per heavy atom. The van der Waals surface area contributed by atoms with Crippen LogP contribution < -0.4 is 0 Å². The van der Waals surface area contributed by atoms with E-state index in [-0.39, 0.29) is 23.7 Å². The molecule has 32 heavy (non-hydrogen) atoms. The molecule has 1 aromatic rings. The summed E-state index contributed by atoms with van der Waals surface area (Å²) in [6.07, 6.45) is 11.2. The van der Waals surface area contributed by atoms with Crippen molar-refractivity contribution in [1.82, 2.24) is 0 Å². The van der Waals surface area contributed by atoms with E-state index in [9.17, 15) is 14.3 Å². The molecule has 1 saturated carbocycles. The highest BCUT2D eigenvalue weighted by Gasteiger charge is 2.30. The topological polar surface area (TPSA) is 57.5 Å². The standard InChI is InChI=1S/C28H37FO3/c1-28(2,21-11-14-22-12-4-3-5-13-22)26(30)19-9-7-16-23-15-6-8-17-24(23)25(29)18-10-20-27(31)32/h3-5,7,9,12-13,16,19,23-26,30H,6,8,10,15,17-18,20-21H2,1-2H3,(H,31,32)/b16-7+,19-9+/t23-,24-,25+,26-/m0/s1. The van der Waals surface area contributed by atoms with Crippen molar-refractivity contribution in [3.8, 4) is 11.8 Å². The van der Waals surface area contributed by atoms with Crippen LogP contribution >= 0.6 is 0 Å². The largest absolute Gasteiger partial charge is 0.481 e. The minimum Gasteiger partial charge on any atom is -0.481 e. The number of halogens is 1. The average Bonchev–Trinajstić information content (AvgIpc) is 2.77. The fourth-order valence-corrected chi connectivity index (χ4v) is 4.18. The Morgan fingerprint density at radius 2 is 1.94 bits per heavy atom. The number of benzene rings is 1. The Balaban J connectivity index is 1.87. The molecule has 0 aromatic heterocycles. The van der Waals surface area contributed by atoms with E-state index in [2.05, 4.69) is 17.9 Å². The maximum absolute atomic E-state index is 14.7. The van der Waals surface area contributed by atoms with Gasteiger partial charge in [-0.05, 0) is 49.7 Å². The molecule has 0 heterocycles. The zero-order valence-electron chi connectivity index (χ0n) is 19.3. The fraction of sp³-hybridized carbons (Fsp3) is 0.536. The summed E-state index contributed by atoms with van der Waals surface area (Å²) in [5.74, 6) is 5.55. The minimum absolute atomic E-state index is 0.0276. The number of hydrogen-bond donors (Lipinski definition) is 2. The lowest BCUT2D eigenvalue weighted by Gasteiger charge is -2.32. The van der Waals surface area contributed by atoms with E-state index in [4.69, 9.17) is 5.11 Å². The van der Waals surface area contributed by atoms with Crippen molar-refractivity contribution < 1.29 is 19.4 Å². The van der Waals surface area contributed by atoms with Gasteiger partial charge < -0.3 is 10.2 Å². The third-order valence-electron chi connectivity index (χ3n) is 6.32. The second kappa shape index (κ2) is 13.2. The molecule has 4 atom stereocenters. The van der Waals surface area contributed by atoms with Crippen LogP contribution in [0.2, 0.25) is 0 Å². The van der Waals surface area contributed by atoms with Gasteiger partial charge in [-0.3, -0.25) is 4.79 Å². The van der Waals surface area contributed by atoms with E-state index in [1.807, 2.05) is 56.3 Å². The Morgan fingerprint density at radius 1 is 1.22 bits per heavy atom. The number of carbonyl (C=O) groups is 1. The number of carboxylic acid groups (broad SMARTS) is 1. The summed E-state index contributed by atoms with van der Waals surface area (Å²) in [5, 5.41) is 19.4. The Hall–Kier alpha value is -2.38. The molecule has 174 valence electrons. The van der Waals surface area contributed by atoms with Crippen LogP contribution in [0.3, 0.4) is 0 Å². The van der Waals surface area contributed by atoms with Gasteiger partial charge in [0.05, 0.1) is 6.10 Å². The quantitative estimate of drug-likeness (QED) is 0.330. The summed E-state index contributed by atoms with van der Waals surface area (Å²) in [7, 11) is 0. The van der Waals surface area contributed by atoms with Gasteiger partial charge in [0.2, 0.25) is 0 Å². The third-order valence-corrected chi connectivity index (χ3v) is 6.32. The Labute approximate surface area is 192 Å². The zero-order chi connectivity index (χ0) is 23.4. The molecule has 1 aliphatic rings. The molecule has 0 amide bonds. The van der Waals surface area contributed by atoms with Crippen molar-refractivity contribution in [1.29, 1.82) is 0 Å². The highest BCUT2D eigenvalue weighted by molar-refractivity contribution is 5.66. The molecule has 3 nitrogen and oxygen atoms in total. The van der Waals surface area contributed by atoms with E-state index >= 15 is 0 Å². The number of carboxylic acids is 1. The molecule has 1 aliphatic carbocycles. The summed E-state index contributed by atoms with van der Waals surface area (Å²) in [4.78, 5) is 10.7. The lowest BCUT2D eigenvalue weighted by molar-refractivity contribution is -0.137. The van der Waals surface area contributed by atoms with Crippen molar-refractivity contribution in [2.24, 2.45) is 17.3 Å². The van der Waals surface area contributed by atoms with Crippen molar-refractivity contribution in [2.45, 2.75) is 77.5 Å². The molecule has 0 saturated heterocycles. The molecule has 0 bridgehead atoms. The number of aliphatic carboxylic acids is 1. The maximum atomic E-state index is 14.7. The van der Waals surface area contributed by atoms with Crippen LogP contribution in [0.1, 0.15) is 70.8 Å². The van der Waals surface area contributed by atoms with E-state index < -0.39 is 18.2 Å². The van der Waals surface area contributed by atoms with Gasteiger partial charge in [0, 0.05) is 23.8 Å². The average molecular weight is 441 g/mol. The van der Waals surface area contributed by atoms with Crippen molar-refractivity contribution in [3.63, 3.8) is 0 Å². The van der Waals surface area contributed by atoms with Crippen LogP contribution in [0, 0.1) is 29.1 Å². The highest BCUT2D eigenvalue weighted by atomic mass is 19.1. The van der Waals surface area contributed by atoms with Gasteiger partial charge in [-0.2, -0.15) is 0 Å². The molecule has 2 N–H and O–H groups in total. The molecular weight excluding hydrogens is 403 g/mol. The predicted molar refractivity (Wildman–Crippen MR) is 128 cm³/mol. The Bertz CT molecular complexity index is 816. The Kier molecular flexibility index (Phi) is 10.7. The monoisotopic (exact) mass is 440 g/mol. The van der Waals surface area contributed by atoms with Gasteiger partial charge >= 0.3 is 5.97 Å². The smallest absolute Gasteiger partial charge is 0.303 e. The zero-order valence-corrected chi connectivity index (χ0v) is 19.3. The molecule has 0 spiro atoms. The molecule has 0 radical (unpaired) electrons. The lowest BCUT2D eigenvalue weighted by atomic mass is 9.75. The lowest BCUT2D eigenvalue weighted by Crippen LogP contribution is -2.27. The first-order chi connectivity index (χ1) is 15.3. The van der Waals surface area contributed by atoms with Crippen LogP contribution in [0.15, 0.2) is 54.6 Å². The second-order valence-corrected chi connectivity index (χ2v) is 9.46. The van der Waals surface area contributed by atoms with Crippen molar-refractivity contribution in [2.75, 3.05) is 0 Å². The first-order valence-corrected chi connectivity index (χ1v) is 11.7. The molecule has 4 heteroatoms. The fourth-order valence-electron chi connectivity index (χ4n) is 4.18. The molecular formula is C28H37FO3. The van der Waals surface area contributed by atoms with Crippen LogP contribution in [0.5, 0.6) is 0 Å². The SMILES string of the molecule is CC(C)(CC#Cc1ccccc1)[C@@H](O)/C=C/C=C/[C@@H]1CCCC[C@@H]1[C@H](F)CCCC(=O)O. The van der Waals surface area contributed by atoms with Gasteiger partial charge in [-0.1, -0.05) is 81.0 Å². The van der Waals surface area contributed by atoms with Gasteiger partial charge in [0.15, 0.2) is 0 Å². The molecule has 1 fully saturated rings. The van der Waals surface area contributed by atoms with Crippen molar-refractivity contribution >= 4 is 5.97 Å². The first kappa shape index (κ1) is 25.9. The summed E-state index contributed by atoms with van der Waals surface area (Å²) in [6.45, 7) is 3.99. The van der Waals surface area contributed by atoms with Crippen LogP contribution in [-0.4, -0.2) is 28.5 Å². The second-order valence-electron chi connectivity index (χ2n) is 9.46. The van der Waals surface area contributed by atoms with E-state index in [0.29, 0.717) is 19.3 Å². The van der Waals surface area contributed by atoms with Gasteiger partial charge in [0.25, 0.3) is 0 Å². The predicted octanol–water partition coefficient (Wildman–Crippen LogP) is 6.33. The van der Waals surface area contributed by atoms with Crippen LogP contribution in [0.25, 0.3) is 0 Å². The normalized spacial score (nSPS) is 21.2. The minimum atomic E-state index is -0.957. The number of aliphatic hydroxyl groups excluding tert-OH is 1. The molecule has 2 rings (SSSR count). The van der Waals surface area contributed by atoms with Gasteiger partial charge in [0.1, 0.15) is 6.17 Å². The number of allylic oxidation sites excluding steroid dienone is 3. The number of aliphatic hydroxyl groups is 1. The molecule has 1 aromatic carbocycles. The van der Waals surface area contributed by atoms with Crippen LogP contribution in [0.4, 0.5) is 4.39 Å². The number of alkyl halides is 1. The molecule has 0 unspecified atom stereocenters. The summed E-state index contributed by atoms with van der Waals surface area (Å²) >= 11 is 0. The summed E-state index contributed by atoms with van der Waals surface area (Å²) < 4.78 is 14.7. The molecule has 0 aliphatic heterocycles. The maximum Gasteiger partial charge on any atom is 0.303 e. The summed E-state index contributed by atoms with van der Waals surface area (Å²) in [6, 6.07) is 9.80. The number of rotatable bonds is 10. The van der Waals surface area contributed by atoms with Gasteiger partial charge in [-0.25, -0.2) is 4.39 Å². The van der Waals surface area contributed by atoms with Gasteiger partial charge in [-0.15, -0.1) is 0 Å². The first-order valence-electron chi connectivity index (χ1n) is 11.7. The number of hydrogen-bond acceptors (Lipinski definition) is 2. The van der Waals surface area contributed by atoms with Crippen LogP contribution in [-0.2, 0) is 4.79 Å². The van der Waals surface area contributed by atoms with Crippen molar-refractivity contribution in [3.05, 3.63) is 60.2 Å². The third kappa shape index (κ3) is 9.01.